The maximum atomic E-state index is 12.8. The Bertz CT molecular complexity index is 1200. The minimum absolute atomic E-state index is 0.168. The van der Waals surface area contributed by atoms with E-state index in [1.807, 2.05) is 38.1 Å². The maximum absolute atomic E-state index is 12.8. The Hall–Kier alpha value is -3.42. The summed E-state index contributed by atoms with van der Waals surface area (Å²) in [5.41, 5.74) is 2.26. The largest absolute Gasteiger partial charge is 0.460 e. The van der Waals surface area contributed by atoms with Crippen LogP contribution in [0.25, 0.3) is 16.6 Å². The number of pyridine rings is 1. The van der Waals surface area contributed by atoms with Crippen molar-refractivity contribution in [3.8, 4) is 0 Å². The van der Waals surface area contributed by atoms with Crippen LogP contribution in [-0.4, -0.2) is 25.1 Å². The van der Waals surface area contributed by atoms with E-state index in [1.54, 1.807) is 23.6 Å². The summed E-state index contributed by atoms with van der Waals surface area (Å²) in [7, 11) is 0. The third-order valence-electron chi connectivity index (χ3n) is 4.46. The molecule has 4 aromatic rings. The number of hydrogen-bond acceptors (Lipinski definition) is 5. The van der Waals surface area contributed by atoms with E-state index >= 15 is 0 Å². The lowest BCUT2D eigenvalue weighted by Crippen LogP contribution is -2.36. The number of amides is 1. The predicted octanol–water partition coefficient (Wildman–Crippen LogP) is 2.13. The summed E-state index contributed by atoms with van der Waals surface area (Å²) in [6.07, 6.45) is 1.67. The Morgan fingerprint density at radius 1 is 1.26 bits per heavy atom. The first-order valence-electron chi connectivity index (χ1n) is 8.63. The van der Waals surface area contributed by atoms with Crippen LogP contribution in [0.2, 0.25) is 0 Å². The molecule has 138 valence electrons. The zero-order valence-electron chi connectivity index (χ0n) is 15.3. The molecule has 0 aliphatic rings. The van der Waals surface area contributed by atoms with E-state index in [9.17, 15) is 9.59 Å². The molecule has 0 radical (unpaired) electrons. The number of hydrogen-bond donors (Lipinski definition) is 1. The predicted molar refractivity (Wildman–Crippen MR) is 99.5 cm³/mol. The van der Waals surface area contributed by atoms with Crippen molar-refractivity contribution in [1.82, 2.24) is 24.5 Å². The summed E-state index contributed by atoms with van der Waals surface area (Å²) < 4.78 is 8.53. The minimum Gasteiger partial charge on any atom is -0.460 e. The van der Waals surface area contributed by atoms with Crippen LogP contribution in [-0.2, 0) is 11.3 Å². The second-order valence-corrected chi connectivity index (χ2v) is 6.53. The van der Waals surface area contributed by atoms with E-state index in [0.717, 1.165) is 17.0 Å². The minimum atomic E-state index is -0.342. The average molecular weight is 365 g/mol. The van der Waals surface area contributed by atoms with Crippen LogP contribution >= 0.6 is 0 Å². The molecule has 0 aromatic carbocycles. The summed E-state index contributed by atoms with van der Waals surface area (Å²) in [5.74, 6) is 1.06. The zero-order chi connectivity index (χ0) is 19.1. The summed E-state index contributed by atoms with van der Waals surface area (Å²) in [6.45, 7) is 5.32. The van der Waals surface area contributed by atoms with Crippen molar-refractivity contribution in [2.24, 2.45) is 0 Å². The molecule has 1 unspecified atom stereocenters. The molecule has 0 bridgehead atoms. The third-order valence-corrected chi connectivity index (χ3v) is 4.46. The Labute approximate surface area is 154 Å². The van der Waals surface area contributed by atoms with Gasteiger partial charge >= 0.3 is 0 Å². The summed E-state index contributed by atoms with van der Waals surface area (Å²) in [6, 6.07) is 8.79. The third kappa shape index (κ3) is 2.99. The number of aromatic nitrogens is 4. The summed E-state index contributed by atoms with van der Waals surface area (Å²) >= 11 is 0. The Morgan fingerprint density at radius 2 is 2.07 bits per heavy atom. The smallest absolute Gasteiger partial charge is 0.291 e. The van der Waals surface area contributed by atoms with Gasteiger partial charge in [-0.05, 0) is 32.9 Å². The van der Waals surface area contributed by atoms with Crippen molar-refractivity contribution in [2.45, 2.75) is 33.4 Å². The van der Waals surface area contributed by atoms with Gasteiger partial charge in [0.05, 0.1) is 17.3 Å². The van der Waals surface area contributed by atoms with E-state index < -0.39 is 0 Å². The van der Waals surface area contributed by atoms with Gasteiger partial charge in [-0.2, -0.15) is 5.10 Å². The van der Waals surface area contributed by atoms with Gasteiger partial charge in [0.15, 0.2) is 5.58 Å². The first-order chi connectivity index (χ1) is 12.9. The molecule has 0 spiro atoms. The molecule has 1 atom stereocenters. The number of carbonyl (C=O) groups excluding carboxylic acids is 1. The van der Waals surface area contributed by atoms with Crippen molar-refractivity contribution in [2.75, 3.05) is 0 Å². The monoisotopic (exact) mass is 365 g/mol. The molecule has 8 nitrogen and oxygen atoms in total. The fraction of sp³-hybridized carbons (Fsp3) is 0.263. The van der Waals surface area contributed by atoms with Gasteiger partial charge in [0.1, 0.15) is 23.6 Å². The number of fused-ring (bicyclic) bond motifs is 3. The van der Waals surface area contributed by atoms with Gasteiger partial charge in [-0.3, -0.25) is 19.0 Å². The van der Waals surface area contributed by atoms with Crippen LogP contribution in [0, 0.1) is 13.8 Å². The molecule has 8 heteroatoms. The van der Waals surface area contributed by atoms with Gasteiger partial charge in [0, 0.05) is 18.3 Å². The van der Waals surface area contributed by atoms with Crippen molar-refractivity contribution in [3.05, 3.63) is 64.2 Å². The number of nitrogens with zero attached hydrogens (tertiary/aromatic N) is 4. The number of nitrogens with one attached hydrogen (secondary N) is 1. The van der Waals surface area contributed by atoms with Crippen LogP contribution in [0.3, 0.4) is 0 Å². The molecular weight excluding hydrogens is 346 g/mol. The highest BCUT2D eigenvalue weighted by molar-refractivity contribution is 5.83. The summed E-state index contributed by atoms with van der Waals surface area (Å²) in [5, 5.41) is 7.14. The molecule has 27 heavy (non-hydrogen) atoms. The van der Waals surface area contributed by atoms with E-state index in [1.165, 1.54) is 4.68 Å². The van der Waals surface area contributed by atoms with Gasteiger partial charge in [0.25, 0.3) is 5.56 Å². The maximum Gasteiger partial charge on any atom is 0.291 e. The molecule has 1 N–H and O–H groups in total. The Kier molecular flexibility index (Phi) is 4.02. The highest BCUT2D eigenvalue weighted by Crippen LogP contribution is 2.22. The van der Waals surface area contributed by atoms with Crippen LogP contribution < -0.4 is 10.9 Å². The Morgan fingerprint density at radius 3 is 2.81 bits per heavy atom. The van der Waals surface area contributed by atoms with E-state index in [4.69, 9.17) is 4.42 Å². The van der Waals surface area contributed by atoms with Crippen LogP contribution in [0.15, 0.2) is 45.7 Å². The van der Waals surface area contributed by atoms with Crippen LogP contribution in [0.1, 0.15) is 30.2 Å². The topological polar surface area (TPSA) is 94.4 Å². The van der Waals surface area contributed by atoms with Crippen molar-refractivity contribution < 1.29 is 9.21 Å². The molecular formula is C19H19N5O3. The molecule has 4 heterocycles. The SMILES string of the molecule is Cc1cc2c(cc3c(=O)n(CC(=O)NC(C)c4ccccn4)nc(C)n32)o1. The molecule has 0 saturated carbocycles. The average Bonchev–Trinajstić information content (AvgIpc) is 3.16. The molecule has 0 fully saturated rings. The van der Waals surface area contributed by atoms with Crippen LogP contribution in [0.4, 0.5) is 0 Å². The zero-order valence-corrected chi connectivity index (χ0v) is 15.3. The standard InChI is InChI=1S/C19H19N5O3/c1-11-8-15-17(27-11)9-16-19(26)23(22-13(3)24(15)16)10-18(25)21-12(2)14-6-4-5-7-20-14/h4-9,12H,10H2,1-3H3,(H,21,25). The van der Waals surface area contributed by atoms with Gasteiger partial charge < -0.3 is 9.73 Å². The van der Waals surface area contributed by atoms with Crippen LogP contribution in [0.5, 0.6) is 0 Å². The molecule has 4 aromatic heterocycles. The number of aryl methyl sites for hydroxylation is 2. The lowest BCUT2D eigenvalue weighted by molar-refractivity contribution is -0.122. The summed E-state index contributed by atoms with van der Waals surface area (Å²) in [4.78, 5) is 29.4. The molecule has 1 amide bonds. The lowest BCUT2D eigenvalue weighted by Gasteiger charge is -2.14. The van der Waals surface area contributed by atoms with Crippen molar-refractivity contribution in [3.63, 3.8) is 0 Å². The molecule has 0 saturated heterocycles. The fourth-order valence-corrected chi connectivity index (χ4v) is 3.25. The molecule has 0 aliphatic carbocycles. The quantitative estimate of drug-likeness (QED) is 0.598. The van der Waals surface area contributed by atoms with Gasteiger partial charge in [0.2, 0.25) is 5.91 Å². The second kappa shape index (κ2) is 6.39. The number of rotatable bonds is 4. The highest BCUT2D eigenvalue weighted by Gasteiger charge is 2.17. The van der Waals surface area contributed by atoms with Gasteiger partial charge in [-0.15, -0.1) is 0 Å². The number of carbonyl (C=O) groups is 1. The van der Waals surface area contributed by atoms with E-state index in [0.29, 0.717) is 16.9 Å². The Balaban J connectivity index is 1.63. The van der Waals surface area contributed by atoms with E-state index in [-0.39, 0.29) is 24.1 Å². The van der Waals surface area contributed by atoms with Crippen molar-refractivity contribution in [1.29, 1.82) is 0 Å². The van der Waals surface area contributed by atoms with Crippen molar-refractivity contribution >= 4 is 22.5 Å². The fourth-order valence-electron chi connectivity index (χ4n) is 3.25. The molecule has 4 rings (SSSR count). The molecule has 0 aliphatic heterocycles. The highest BCUT2D eigenvalue weighted by atomic mass is 16.3. The second-order valence-electron chi connectivity index (χ2n) is 6.53. The van der Waals surface area contributed by atoms with Gasteiger partial charge in [-0.1, -0.05) is 6.07 Å². The number of furan rings is 1. The normalized spacial score (nSPS) is 12.6. The lowest BCUT2D eigenvalue weighted by atomic mass is 10.2. The first kappa shape index (κ1) is 17.0. The van der Waals surface area contributed by atoms with E-state index in [2.05, 4.69) is 15.4 Å². The first-order valence-corrected chi connectivity index (χ1v) is 8.63. The van der Waals surface area contributed by atoms with Gasteiger partial charge in [-0.25, -0.2) is 4.68 Å².